The molecule has 1 N–H and O–H groups in total. The molecule has 2 rings (SSSR count). The average molecular weight is 236 g/mol. The first-order valence-electron chi connectivity index (χ1n) is 6.52. The van der Waals surface area contributed by atoms with Gasteiger partial charge in [0.05, 0.1) is 5.69 Å². The summed E-state index contributed by atoms with van der Waals surface area (Å²) in [5.41, 5.74) is 1.17. The summed E-state index contributed by atoms with van der Waals surface area (Å²) < 4.78 is 1.88. The van der Waals surface area contributed by atoms with Crippen molar-refractivity contribution in [1.29, 1.82) is 0 Å². The molecule has 0 aromatic carbocycles. The predicted octanol–water partition coefficient (Wildman–Crippen LogP) is 1.24. The van der Waals surface area contributed by atoms with Gasteiger partial charge in [-0.3, -0.25) is 9.58 Å². The lowest BCUT2D eigenvalue weighted by Gasteiger charge is -2.41. The molecule has 2 unspecified atom stereocenters. The molecule has 17 heavy (non-hydrogen) atoms. The van der Waals surface area contributed by atoms with Crippen LogP contribution in [0.25, 0.3) is 0 Å². The Morgan fingerprint density at radius 3 is 2.88 bits per heavy atom. The normalized spacial score (nSPS) is 26.6. The zero-order valence-electron chi connectivity index (χ0n) is 11.3. The zero-order chi connectivity index (χ0) is 12.4. The number of nitrogens with one attached hydrogen (secondary N) is 1. The molecule has 0 radical (unpaired) electrons. The van der Waals surface area contributed by atoms with Crippen LogP contribution in [0.15, 0.2) is 12.3 Å². The summed E-state index contributed by atoms with van der Waals surface area (Å²) in [6, 6.07) is 3.31. The Morgan fingerprint density at radius 1 is 1.53 bits per heavy atom. The molecular weight excluding hydrogens is 212 g/mol. The molecule has 96 valence electrons. The van der Waals surface area contributed by atoms with E-state index in [0.29, 0.717) is 18.0 Å². The van der Waals surface area contributed by atoms with E-state index in [9.17, 15) is 0 Å². The predicted molar refractivity (Wildman–Crippen MR) is 69.7 cm³/mol. The fourth-order valence-corrected chi connectivity index (χ4v) is 2.60. The fraction of sp³-hybridized carbons (Fsp3) is 0.769. The molecular formula is C13H24N4. The summed E-state index contributed by atoms with van der Waals surface area (Å²) in [6.45, 7) is 10.0. The Balaban J connectivity index is 2.04. The number of hydrogen-bond donors (Lipinski definition) is 1. The van der Waals surface area contributed by atoms with E-state index in [2.05, 4.69) is 42.2 Å². The Morgan fingerprint density at radius 2 is 2.29 bits per heavy atom. The quantitative estimate of drug-likeness (QED) is 0.857. The highest BCUT2D eigenvalue weighted by Gasteiger charge is 2.28. The molecule has 1 aromatic rings. The Kier molecular flexibility index (Phi) is 3.84. The summed E-state index contributed by atoms with van der Waals surface area (Å²) in [6.07, 6.45) is 2.02. The second-order valence-corrected chi connectivity index (χ2v) is 5.53. The third-order valence-corrected chi connectivity index (χ3v) is 3.56. The molecule has 1 aliphatic rings. The molecule has 2 atom stereocenters. The third kappa shape index (κ3) is 3.07. The van der Waals surface area contributed by atoms with Gasteiger partial charge in [-0.2, -0.15) is 5.10 Å². The number of piperazine rings is 1. The first kappa shape index (κ1) is 12.6. The minimum absolute atomic E-state index is 0.578. The highest BCUT2D eigenvalue weighted by Crippen LogP contribution is 2.17. The van der Waals surface area contributed by atoms with Gasteiger partial charge in [0, 0.05) is 45.0 Å². The molecule has 2 heterocycles. The van der Waals surface area contributed by atoms with Crippen LogP contribution in [-0.2, 0) is 13.6 Å². The Labute approximate surface area is 104 Å². The van der Waals surface area contributed by atoms with Gasteiger partial charge in [-0.1, -0.05) is 13.8 Å². The minimum atomic E-state index is 0.578. The maximum absolute atomic E-state index is 4.48. The molecule has 0 aliphatic carbocycles. The van der Waals surface area contributed by atoms with Gasteiger partial charge in [0.15, 0.2) is 0 Å². The van der Waals surface area contributed by atoms with E-state index in [-0.39, 0.29) is 0 Å². The van der Waals surface area contributed by atoms with Gasteiger partial charge >= 0.3 is 0 Å². The summed E-state index contributed by atoms with van der Waals surface area (Å²) in [5, 5.41) is 8.05. The van der Waals surface area contributed by atoms with Crippen LogP contribution in [0.3, 0.4) is 0 Å². The smallest absolute Gasteiger partial charge is 0.0764 e. The lowest BCUT2D eigenvalue weighted by molar-refractivity contribution is 0.0941. The van der Waals surface area contributed by atoms with Gasteiger partial charge in [0.2, 0.25) is 0 Å². The summed E-state index contributed by atoms with van der Waals surface area (Å²) in [4.78, 5) is 2.56. The molecule has 1 aromatic heterocycles. The van der Waals surface area contributed by atoms with Gasteiger partial charge in [-0.25, -0.2) is 0 Å². The third-order valence-electron chi connectivity index (χ3n) is 3.56. The molecule has 0 saturated carbocycles. The lowest BCUT2D eigenvalue weighted by atomic mass is 9.98. The van der Waals surface area contributed by atoms with E-state index in [0.717, 1.165) is 19.6 Å². The van der Waals surface area contributed by atoms with Crippen molar-refractivity contribution in [1.82, 2.24) is 20.0 Å². The van der Waals surface area contributed by atoms with Crippen LogP contribution in [0.2, 0.25) is 0 Å². The van der Waals surface area contributed by atoms with Crippen LogP contribution in [0, 0.1) is 5.92 Å². The summed E-state index contributed by atoms with van der Waals surface area (Å²) >= 11 is 0. The van der Waals surface area contributed by atoms with Crippen LogP contribution in [0.4, 0.5) is 0 Å². The monoisotopic (exact) mass is 236 g/mol. The maximum atomic E-state index is 4.48. The average Bonchev–Trinajstić information content (AvgIpc) is 2.63. The molecule has 1 saturated heterocycles. The van der Waals surface area contributed by atoms with Crippen LogP contribution >= 0.6 is 0 Å². The number of rotatable bonds is 3. The first-order chi connectivity index (χ1) is 8.06. The molecule has 0 amide bonds. The highest BCUT2D eigenvalue weighted by molar-refractivity contribution is 5.00. The minimum Gasteiger partial charge on any atom is -0.311 e. The highest BCUT2D eigenvalue weighted by atomic mass is 15.3. The van der Waals surface area contributed by atoms with Crippen molar-refractivity contribution in [3.8, 4) is 0 Å². The van der Waals surface area contributed by atoms with Crippen molar-refractivity contribution in [2.45, 2.75) is 39.4 Å². The van der Waals surface area contributed by atoms with Gasteiger partial charge in [0.25, 0.3) is 0 Å². The zero-order valence-corrected chi connectivity index (χ0v) is 11.3. The number of aryl methyl sites for hydroxylation is 1. The second kappa shape index (κ2) is 5.19. The molecule has 0 bridgehead atoms. The van der Waals surface area contributed by atoms with Gasteiger partial charge < -0.3 is 5.32 Å². The van der Waals surface area contributed by atoms with Gasteiger partial charge in [-0.05, 0) is 18.9 Å². The summed E-state index contributed by atoms with van der Waals surface area (Å²) in [5.74, 6) is 0.679. The van der Waals surface area contributed by atoms with Gasteiger partial charge in [-0.15, -0.1) is 0 Å². The summed E-state index contributed by atoms with van der Waals surface area (Å²) in [7, 11) is 1.98. The first-order valence-corrected chi connectivity index (χ1v) is 6.52. The van der Waals surface area contributed by atoms with E-state index < -0.39 is 0 Å². The van der Waals surface area contributed by atoms with Crippen LogP contribution in [0.1, 0.15) is 26.5 Å². The lowest BCUT2D eigenvalue weighted by Crippen LogP contribution is -2.56. The Hall–Kier alpha value is -0.870. The number of aromatic nitrogens is 2. The second-order valence-electron chi connectivity index (χ2n) is 5.53. The molecule has 0 spiro atoms. The van der Waals surface area contributed by atoms with Crippen LogP contribution in [0.5, 0.6) is 0 Å². The Bertz CT molecular complexity index is 358. The van der Waals surface area contributed by atoms with Crippen LogP contribution in [-0.4, -0.2) is 39.9 Å². The van der Waals surface area contributed by atoms with Crippen molar-refractivity contribution < 1.29 is 0 Å². The van der Waals surface area contributed by atoms with E-state index in [1.165, 1.54) is 5.69 Å². The molecule has 4 nitrogen and oxygen atoms in total. The van der Waals surface area contributed by atoms with Crippen LogP contribution < -0.4 is 5.32 Å². The topological polar surface area (TPSA) is 33.1 Å². The standard InChI is InChI=1S/C13H24N4/c1-10(2)13-7-14-11(3)8-17(13)9-12-5-6-16(4)15-12/h5-6,10-11,13-14H,7-9H2,1-4H3. The van der Waals surface area contributed by atoms with Crippen molar-refractivity contribution >= 4 is 0 Å². The van der Waals surface area contributed by atoms with E-state index >= 15 is 0 Å². The van der Waals surface area contributed by atoms with Crippen molar-refractivity contribution in [3.05, 3.63) is 18.0 Å². The van der Waals surface area contributed by atoms with Gasteiger partial charge in [0.1, 0.15) is 0 Å². The van der Waals surface area contributed by atoms with E-state index in [1.807, 2.05) is 17.9 Å². The maximum Gasteiger partial charge on any atom is 0.0764 e. The van der Waals surface area contributed by atoms with Crippen molar-refractivity contribution in [2.75, 3.05) is 13.1 Å². The van der Waals surface area contributed by atoms with E-state index in [1.54, 1.807) is 0 Å². The largest absolute Gasteiger partial charge is 0.311 e. The van der Waals surface area contributed by atoms with Crippen molar-refractivity contribution in [2.24, 2.45) is 13.0 Å². The van der Waals surface area contributed by atoms with E-state index in [4.69, 9.17) is 0 Å². The molecule has 1 fully saturated rings. The SMILES string of the molecule is CC1CN(Cc2ccn(C)n2)C(C(C)C)CN1. The number of hydrogen-bond acceptors (Lipinski definition) is 3. The van der Waals surface area contributed by atoms with Crippen molar-refractivity contribution in [3.63, 3.8) is 0 Å². The fourth-order valence-electron chi connectivity index (χ4n) is 2.60. The molecule has 4 heteroatoms. The molecule has 1 aliphatic heterocycles. The number of nitrogens with zero attached hydrogens (tertiary/aromatic N) is 3.